The van der Waals surface area contributed by atoms with E-state index in [1.807, 2.05) is 12.1 Å². The van der Waals surface area contributed by atoms with E-state index in [4.69, 9.17) is 16.0 Å². The summed E-state index contributed by atoms with van der Waals surface area (Å²) in [5, 5.41) is 0. The van der Waals surface area contributed by atoms with E-state index >= 15 is 0 Å². The van der Waals surface area contributed by atoms with E-state index in [0.717, 1.165) is 11.3 Å². The van der Waals surface area contributed by atoms with E-state index in [0.29, 0.717) is 19.0 Å². The Morgan fingerprint density at radius 2 is 2.10 bits per heavy atom. The average Bonchev–Trinajstić information content (AvgIpc) is 3.24. The number of hydrogen-bond acceptors (Lipinski definition) is 2. The molecule has 110 valence electrons. The molecule has 0 aliphatic heterocycles. The second-order valence-corrected chi connectivity index (χ2v) is 5.75. The van der Waals surface area contributed by atoms with Crippen LogP contribution in [-0.2, 0) is 17.9 Å². The molecular formula is C17H18ClNO2. The Hall–Kier alpha value is -1.74. The highest BCUT2D eigenvalue weighted by atomic mass is 35.5. The van der Waals surface area contributed by atoms with Crippen LogP contribution in [0.1, 0.15) is 35.6 Å². The highest BCUT2D eigenvalue weighted by Gasteiger charge is 2.23. The zero-order chi connectivity index (χ0) is 14.7. The summed E-state index contributed by atoms with van der Waals surface area (Å²) in [6.45, 7) is 1.01. The summed E-state index contributed by atoms with van der Waals surface area (Å²) in [6.07, 6.45) is 4.17. The molecule has 1 amide bonds. The zero-order valence-electron chi connectivity index (χ0n) is 11.8. The van der Waals surface area contributed by atoms with Gasteiger partial charge in [-0.15, -0.1) is 11.6 Å². The molecule has 1 saturated carbocycles. The van der Waals surface area contributed by atoms with Gasteiger partial charge in [-0.2, -0.15) is 0 Å². The quantitative estimate of drug-likeness (QED) is 0.758. The molecule has 2 aromatic rings. The van der Waals surface area contributed by atoms with Gasteiger partial charge in [-0.1, -0.05) is 24.3 Å². The standard InChI is InChI=1S/C17H18ClNO2/c18-10-17(20)19(12-16-5-2-8-21-16)11-13-3-1-4-15(9-13)14-6-7-14/h1-5,8-9,14H,6-7,10-12H2. The van der Waals surface area contributed by atoms with Gasteiger partial charge < -0.3 is 9.32 Å². The lowest BCUT2D eigenvalue weighted by atomic mass is 10.1. The van der Waals surface area contributed by atoms with E-state index < -0.39 is 0 Å². The Labute approximate surface area is 129 Å². The summed E-state index contributed by atoms with van der Waals surface area (Å²) in [5.74, 6) is 1.40. The second-order valence-electron chi connectivity index (χ2n) is 5.48. The first-order valence-corrected chi connectivity index (χ1v) is 7.74. The van der Waals surface area contributed by atoms with Crippen LogP contribution in [0, 0.1) is 0 Å². The molecule has 0 radical (unpaired) electrons. The fraction of sp³-hybridized carbons (Fsp3) is 0.353. The number of carbonyl (C=O) groups is 1. The van der Waals surface area contributed by atoms with E-state index in [-0.39, 0.29) is 11.8 Å². The van der Waals surface area contributed by atoms with Crippen molar-refractivity contribution in [1.29, 1.82) is 0 Å². The SMILES string of the molecule is O=C(CCl)N(Cc1cccc(C2CC2)c1)Cc1ccco1. The van der Waals surface area contributed by atoms with E-state index in [2.05, 4.69) is 24.3 Å². The summed E-state index contributed by atoms with van der Waals surface area (Å²) >= 11 is 5.72. The van der Waals surface area contributed by atoms with Gasteiger partial charge in [-0.3, -0.25) is 4.79 Å². The molecular weight excluding hydrogens is 286 g/mol. The molecule has 1 fully saturated rings. The summed E-state index contributed by atoms with van der Waals surface area (Å²) in [6, 6.07) is 12.2. The van der Waals surface area contributed by atoms with Gasteiger partial charge in [0.1, 0.15) is 11.6 Å². The van der Waals surface area contributed by atoms with Crippen molar-refractivity contribution in [2.24, 2.45) is 0 Å². The lowest BCUT2D eigenvalue weighted by molar-refractivity contribution is -0.130. The van der Waals surface area contributed by atoms with Crippen LogP contribution >= 0.6 is 11.6 Å². The van der Waals surface area contributed by atoms with Gasteiger partial charge >= 0.3 is 0 Å². The molecule has 1 aliphatic rings. The van der Waals surface area contributed by atoms with Crippen LogP contribution in [0.2, 0.25) is 0 Å². The van der Waals surface area contributed by atoms with Crippen molar-refractivity contribution in [3.05, 3.63) is 59.5 Å². The number of benzene rings is 1. The molecule has 1 heterocycles. The molecule has 4 heteroatoms. The van der Waals surface area contributed by atoms with Gasteiger partial charge in [0.05, 0.1) is 12.8 Å². The van der Waals surface area contributed by atoms with E-state index in [9.17, 15) is 4.79 Å². The Bertz CT molecular complexity index is 605. The van der Waals surface area contributed by atoms with Crippen LogP contribution in [0.15, 0.2) is 47.1 Å². The molecule has 0 spiro atoms. The minimum Gasteiger partial charge on any atom is -0.467 e. The van der Waals surface area contributed by atoms with Crippen LogP contribution in [0.4, 0.5) is 0 Å². The van der Waals surface area contributed by atoms with E-state index in [1.165, 1.54) is 18.4 Å². The maximum Gasteiger partial charge on any atom is 0.238 e. The van der Waals surface area contributed by atoms with Gasteiger partial charge in [0.25, 0.3) is 0 Å². The summed E-state index contributed by atoms with van der Waals surface area (Å²) < 4.78 is 5.33. The summed E-state index contributed by atoms with van der Waals surface area (Å²) in [7, 11) is 0. The van der Waals surface area contributed by atoms with Gasteiger partial charge in [-0.25, -0.2) is 0 Å². The molecule has 1 aromatic carbocycles. The van der Waals surface area contributed by atoms with Crippen LogP contribution in [-0.4, -0.2) is 16.7 Å². The van der Waals surface area contributed by atoms with E-state index in [1.54, 1.807) is 11.2 Å². The van der Waals surface area contributed by atoms with Crippen molar-refractivity contribution < 1.29 is 9.21 Å². The fourth-order valence-corrected chi connectivity index (χ4v) is 2.66. The van der Waals surface area contributed by atoms with Crippen LogP contribution in [0.5, 0.6) is 0 Å². The third kappa shape index (κ3) is 3.67. The number of nitrogens with zero attached hydrogens (tertiary/aromatic N) is 1. The molecule has 3 nitrogen and oxygen atoms in total. The first-order valence-electron chi connectivity index (χ1n) is 7.21. The number of halogens is 1. The Morgan fingerprint density at radius 1 is 1.24 bits per heavy atom. The fourth-order valence-electron chi connectivity index (χ4n) is 2.49. The van der Waals surface area contributed by atoms with Crippen molar-refractivity contribution >= 4 is 17.5 Å². The second kappa shape index (κ2) is 6.35. The minimum absolute atomic E-state index is 0.0109. The van der Waals surface area contributed by atoms with Crippen LogP contribution in [0.3, 0.4) is 0 Å². The van der Waals surface area contributed by atoms with Crippen molar-refractivity contribution in [2.45, 2.75) is 31.8 Å². The lowest BCUT2D eigenvalue weighted by Crippen LogP contribution is -2.30. The Balaban J connectivity index is 1.73. The molecule has 21 heavy (non-hydrogen) atoms. The number of alkyl halides is 1. The van der Waals surface area contributed by atoms with Gasteiger partial charge in [0.2, 0.25) is 5.91 Å². The maximum atomic E-state index is 12.0. The number of amides is 1. The summed E-state index contributed by atoms with van der Waals surface area (Å²) in [5.41, 5.74) is 2.52. The van der Waals surface area contributed by atoms with Gasteiger partial charge in [-0.05, 0) is 42.0 Å². The Kier molecular flexibility index (Phi) is 4.30. The van der Waals surface area contributed by atoms with Gasteiger partial charge in [0.15, 0.2) is 0 Å². The molecule has 0 N–H and O–H groups in total. The zero-order valence-corrected chi connectivity index (χ0v) is 12.6. The first-order chi connectivity index (χ1) is 10.3. The van der Waals surface area contributed by atoms with Gasteiger partial charge in [0, 0.05) is 6.54 Å². The molecule has 1 aliphatic carbocycles. The third-order valence-corrected chi connectivity index (χ3v) is 4.00. The normalized spacial score (nSPS) is 14.1. The first kappa shape index (κ1) is 14.2. The monoisotopic (exact) mass is 303 g/mol. The summed E-state index contributed by atoms with van der Waals surface area (Å²) in [4.78, 5) is 13.8. The van der Waals surface area contributed by atoms with Crippen LogP contribution in [0.25, 0.3) is 0 Å². The Morgan fingerprint density at radius 3 is 2.76 bits per heavy atom. The molecule has 0 atom stereocenters. The van der Waals surface area contributed by atoms with Crippen molar-refractivity contribution in [3.63, 3.8) is 0 Å². The van der Waals surface area contributed by atoms with Crippen LogP contribution < -0.4 is 0 Å². The highest BCUT2D eigenvalue weighted by molar-refractivity contribution is 6.27. The molecule has 0 bridgehead atoms. The molecule has 0 unspecified atom stereocenters. The predicted octanol–water partition coefficient (Wildman–Crippen LogP) is 3.92. The maximum absolute atomic E-state index is 12.0. The molecule has 1 aromatic heterocycles. The lowest BCUT2D eigenvalue weighted by Gasteiger charge is -2.21. The number of furan rings is 1. The average molecular weight is 304 g/mol. The number of carbonyl (C=O) groups excluding carboxylic acids is 1. The van der Waals surface area contributed by atoms with Crippen molar-refractivity contribution in [3.8, 4) is 0 Å². The molecule has 3 rings (SSSR count). The largest absolute Gasteiger partial charge is 0.467 e. The highest BCUT2D eigenvalue weighted by Crippen LogP contribution is 2.40. The minimum atomic E-state index is -0.0788. The number of hydrogen-bond donors (Lipinski definition) is 0. The number of rotatable bonds is 6. The predicted molar refractivity (Wildman–Crippen MR) is 82.1 cm³/mol. The van der Waals surface area contributed by atoms with Crippen molar-refractivity contribution in [1.82, 2.24) is 4.90 Å². The van der Waals surface area contributed by atoms with Crippen molar-refractivity contribution in [2.75, 3.05) is 5.88 Å². The smallest absolute Gasteiger partial charge is 0.238 e. The third-order valence-electron chi connectivity index (χ3n) is 3.77. The molecule has 0 saturated heterocycles. The topological polar surface area (TPSA) is 33.5 Å².